The highest BCUT2D eigenvalue weighted by atomic mass is 35.5. The van der Waals surface area contributed by atoms with Crippen LogP contribution in [0.25, 0.3) is 16.6 Å². The average Bonchev–Trinajstić information content (AvgIpc) is 2.79. The lowest BCUT2D eigenvalue weighted by Gasteiger charge is -2.10. The molecule has 3 aromatic carbocycles. The summed E-state index contributed by atoms with van der Waals surface area (Å²) < 4.78 is 11.7. The number of benzene rings is 3. The predicted molar refractivity (Wildman–Crippen MR) is 120 cm³/mol. The normalized spacial score (nSPS) is 10.7. The first-order valence-corrected chi connectivity index (χ1v) is 9.68. The number of ether oxygens (including phenoxy) is 2. The summed E-state index contributed by atoms with van der Waals surface area (Å²) >= 11 is 6.11. The van der Waals surface area contributed by atoms with E-state index in [4.69, 9.17) is 21.1 Å². The van der Waals surface area contributed by atoms with Crippen LogP contribution in [0.2, 0.25) is 5.02 Å². The Bertz CT molecular complexity index is 1330. The molecule has 0 aliphatic carbocycles. The van der Waals surface area contributed by atoms with Gasteiger partial charge in [-0.2, -0.15) is 0 Å². The summed E-state index contributed by atoms with van der Waals surface area (Å²) in [5, 5.41) is 3.57. The van der Waals surface area contributed by atoms with Crippen molar-refractivity contribution in [2.75, 3.05) is 19.5 Å². The molecule has 0 bridgehead atoms. The van der Waals surface area contributed by atoms with Crippen LogP contribution in [0.3, 0.4) is 0 Å². The minimum absolute atomic E-state index is 0.232. The SMILES string of the molecule is COc1ccc(-n2cnc3cc(C(=O)Nc4ccc(OC)c(Cl)c4)ccc3c2=O)cc1. The van der Waals surface area contributed by atoms with E-state index in [1.807, 2.05) is 0 Å². The van der Waals surface area contributed by atoms with Crippen molar-refractivity contribution < 1.29 is 14.3 Å². The Labute approximate surface area is 182 Å². The fraction of sp³-hybridized carbons (Fsp3) is 0.0870. The minimum Gasteiger partial charge on any atom is -0.497 e. The topological polar surface area (TPSA) is 82.5 Å². The van der Waals surface area contributed by atoms with Crippen molar-refractivity contribution in [3.63, 3.8) is 0 Å². The van der Waals surface area contributed by atoms with E-state index in [1.165, 1.54) is 18.0 Å². The maximum atomic E-state index is 12.9. The van der Waals surface area contributed by atoms with Crippen LogP contribution in [0, 0.1) is 0 Å². The molecule has 0 unspecified atom stereocenters. The van der Waals surface area contributed by atoms with E-state index in [-0.39, 0.29) is 11.5 Å². The molecule has 0 saturated carbocycles. The van der Waals surface area contributed by atoms with Gasteiger partial charge in [-0.25, -0.2) is 4.98 Å². The van der Waals surface area contributed by atoms with E-state index in [9.17, 15) is 9.59 Å². The first-order chi connectivity index (χ1) is 15.0. The number of anilines is 1. The van der Waals surface area contributed by atoms with Gasteiger partial charge in [-0.05, 0) is 60.7 Å². The molecular weight excluding hydrogens is 418 g/mol. The van der Waals surface area contributed by atoms with Crippen LogP contribution in [0.4, 0.5) is 5.69 Å². The molecule has 31 heavy (non-hydrogen) atoms. The number of hydrogen-bond donors (Lipinski definition) is 1. The zero-order chi connectivity index (χ0) is 22.0. The van der Waals surface area contributed by atoms with Gasteiger partial charge in [-0.15, -0.1) is 0 Å². The van der Waals surface area contributed by atoms with Crippen LogP contribution < -0.4 is 20.3 Å². The van der Waals surface area contributed by atoms with Gasteiger partial charge in [0.25, 0.3) is 11.5 Å². The van der Waals surface area contributed by atoms with Crippen molar-refractivity contribution >= 4 is 34.1 Å². The number of nitrogens with one attached hydrogen (secondary N) is 1. The van der Waals surface area contributed by atoms with Crippen molar-refractivity contribution in [3.05, 3.63) is 87.9 Å². The Morgan fingerprint density at radius 3 is 2.45 bits per heavy atom. The molecule has 1 aromatic heterocycles. The zero-order valence-corrected chi connectivity index (χ0v) is 17.5. The number of rotatable bonds is 5. The van der Waals surface area contributed by atoms with Gasteiger partial charge in [0.05, 0.1) is 35.8 Å². The number of halogens is 1. The van der Waals surface area contributed by atoms with Gasteiger partial charge < -0.3 is 14.8 Å². The summed E-state index contributed by atoms with van der Waals surface area (Å²) in [5.41, 5.74) is 1.75. The summed E-state index contributed by atoms with van der Waals surface area (Å²) in [6, 6.07) is 16.8. The van der Waals surface area contributed by atoms with E-state index < -0.39 is 0 Å². The Hall–Kier alpha value is -3.84. The van der Waals surface area contributed by atoms with Crippen LogP contribution in [0.15, 0.2) is 71.8 Å². The number of carbonyl (C=O) groups excluding carboxylic acids is 1. The number of aromatic nitrogens is 2. The molecule has 1 amide bonds. The van der Waals surface area contributed by atoms with Gasteiger partial charge >= 0.3 is 0 Å². The average molecular weight is 436 g/mol. The first-order valence-electron chi connectivity index (χ1n) is 9.31. The molecule has 7 nitrogen and oxygen atoms in total. The van der Waals surface area contributed by atoms with E-state index in [0.717, 1.165) is 0 Å². The molecule has 0 aliphatic rings. The number of carbonyl (C=O) groups is 1. The van der Waals surface area contributed by atoms with Gasteiger partial charge in [-0.3, -0.25) is 14.2 Å². The summed E-state index contributed by atoms with van der Waals surface area (Å²) in [6.45, 7) is 0. The maximum absolute atomic E-state index is 12.9. The summed E-state index contributed by atoms with van der Waals surface area (Å²) in [4.78, 5) is 29.9. The third kappa shape index (κ3) is 4.08. The van der Waals surface area contributed by atoms with Crippen molar-refractivity contribution in [1.29, 1.82) is 0 Å². The number of hydrogen-bond acceptors (Lipinski definition) is 5. The third-order valence-corrected chi connectivity index (χ3v) is 5.08. The van der Waals surface area contributed by atoms with E-state index in [2.05, 4.69) is 10.3 Å². The van der Waals surface area contributed by atoms with Crippen LogP contribution in [-0.4, -0.2) is 29.7 Å². The predicted octanol–water partition coefficient (Wildman–Crippen LogP) is 4.31. The second kappa shape index (κ2) is 8.49. The molecular formula is C23H18ClN3O4. The van der Waals surface area contributed by atoms with Crippen molar-refractivity contribution in [2.45, 2.75) is 0 Å². The lowest BCUT2D eigenvalue weighted by Crippen LogP contribution is -2.19. The van der Waals surface area contributed by atoms with Crippen molar-refractivity contribution in [3.8, 4) is 17.2 Å². The number of fused-ring (bicyclic) bond motifs is 1. The summed E-state index contributed by atoms with van der Waals surface area (Å²) in [5.74, 6) is 0.867. The molecule has 0 radical (unpaired) electrons. The summed E-state index contributed by atoms with van der Waals surface area (Å²) in [6.07, 6.45) is 1.44. The van der Waals surface area contributed by atoms with Crippen LogP contribution in [0.5, 0.6) is 11.5 Å². The standard InChI is InChI=1S/C23H18ClN3O4/c1-30-17-7-5-16(6-8-17)27-13-25-20-11-14(3-9-18(20)23(27)29)22(28)26-15-4-10-21(31-2)19(24)12-15/h3-13H,1-2H3,(H,26,28). The van der Waals surface area contributed by atoms with E-state index in [1.54, 1.807) is 67.8 Å². The fourth-order valence-corrected chi connectivity index (χ4v) is 3.39. The van der Waals surface area contributed by atoms with Crippen LogP contribution in [-0.2, 0) is 0 Å². The molecule has 4 aromatic rings. The number of methoxy groups -OCH3 is 2. The highest BCUT2D eigenvalue weighted by Gasteiger charge is 2.12. The van der Waals surface area contributed by atoms with Gasteiger partial charge in [0.2, 0.25) is 0 Å². The highest BCUT2D eigenvalue weighted by molar-refractivity contribution is 6.32. The smallest absolute Gasteiger partial charge is 0.265 e. The van der Waals surface area contributed by atoms with Crippen molar-refractivity contribution in [1.82, 2.24) is 9.55 Å². The molecule has 0 atom stereocenters. The van der Waals surface area contributed by atoms with Crippen LogP contribution >= 0.6 is 11.6 Å². The quantitative estimate of drug-likeness (QED) is 0.505. The maximum Gasteiger partial charge on any atom is 0.265 e. The highest BCUT2D eigenvalue weighted by Crippen LogP contribution is 2.27. The lowest BCUT2D eigenvalue weighted by molar-refractivity contribution is 0.102. The molecule has 8 heteroatoms. The molecule has 4 rings (SSSR count). The molecule has 156 valence electrons. The van der Waals surface area contributed by atoms with E-state index in [0.29, 0.717) is 44.4 Å². The second-order valence-corrected chi connectivity index (χ2v) is 7.06. The Balaban J connectivity index is 1.63. The monoisotopic (exact) mass is 435 g/mol. The fourth-order valence-electron chi connectivity index (χ4n) is 3.14. The van der Waals surface area contributed by atoms with Gasteiger partial charge in [-0.1, -0.05) is 11.6 Å². The second-order valence-electron chi connectivity index (χ2n) is 6.65. The molecule has 1 N–H and O–H groups in total. The van der Waals surface area contributed by atoms with Crippen LogP contribution in [0.1, 0.15) is 10.4 Å². The molecule has 0 aliphatic heterocycles. The van der Waals surface area contributed by atoms with Gasteiger partial charge in [0.1, 0.15) is 17.8 Å². The van der Waals surface area contributed by atoms with Gasteiger partial charge in [0.15, 0.2) is 0 Å². The zero-order valence-electron chi connectivity index (χ0n) is 16.8. The van der Waals surface area contributed by atoms with Crippen molar-refractivity contribution in [2.24, 2.45) is 0 Å². The Morgan fingerprint density at radius 2 is 1.77 bits per heavy atom. The number of nitrogens with zero attached hydrogens (tertiary/aromatic N) is 2. The largest absolute Gasteiger partial charge is 0.497 e. The molecule has 0 spiro atoms. The lowest BCUT2D eigenvalue weighted by atomic mass is 10.1. The van der Waals surface area contributed by atoms with E-state index >= 15 is 0 Å². The Kier molecular flexibility index (Phi) is 5.60. The molecule has 0 fully saturated rings. The minimum atomic E-state index is -0.343. The summed E-state index contributed by atoms with van der Waals surface area (Å²) in [7, 11) is 3.10. The first kappa shape index (κ1) is 20.4. The Morgan fingerprint density at radius 1 is 1.00 bits per heavy atom. The van der Waals surface area contributed by atoms with Gasteiger partial charge in [0, 0.05) is 11.3 Å². The number of amides is 1. The molecule has 0 saturated heterocycles. The third-order valence-electron chi connectivity index (χ3n) is 4.78. The molecule has 1 heterocycles.